The number of nitrogens with one attached hydrogen (secondary N) is 2. The van der Waals surface area contributed by atoms with E-state index in [-0.39, 0.29) is 24.5 Å². The van der Waals surface area contributed by atoms with Crippen LogP contribution in [0.5, 0.6) is 0 Å². The maximum absolute atomic E-state index is 12.6. The zero-order chi connectivity index (χ0) is 34.1. The lowest BCUT2D eigenvalue weighted by Gasteiger charge is -2.18. The van der Waals surface area contributed by atoms with Crippen molar-refractivity contribution in [1.82, 2.24) is 10.6 Å². The minimum absolute atomic E-state index is 0.000746. The second-order valence-electron chi connectivity index (χ2n) is 13.0. The molecule has 0 aromatic carbocycles. The van der Waals surface area contributed by atoms with Crippen LogP contribution in [-0.2, 0) is 23.9 Å². The molecule has 0 aromatic rings. The van der Waals surface area contributed by atoms with Crippen LogP contribution in [0, 0.1) is 0 Å². The Morgan fingerprint density at radius 1 is 0.565 bits per heavy atom. The number of carboxylic acid groups (broad SMARTS) is 1. The van der Waals surface area contributed by atoms with Crippen LogP contribution in [0.1, 0.15) is 187 Å². The zero-order valence-electron chi connectivity index (χ0n) is 29.6. The van der Waals surface area contributed by atoms with Crippen LogP contribution in [0.15, 0.2) is 0 Å². The summed E-state index contributed by atoms with van der Waals surface area (Å²) in [6.45, 7) is 3.46. The van der Waals surface area contributed by atoms with Crippen LogP contribution in [0.2, 0.25) is 0 Å². The molecule has 0 aliphatic rings. The molecular weight excluding hydrogens is 584 g/mol. The molecule has 0 bridgehead atoms. The van der Waals surface area contributed by atoms with Gasteiger partial charge in [0, 0.05) is 12.8 Å². The zero-order valence-corrected chi connectivity index (χ0v) is 29.6. The van der Waals surface area contributed by atoms with Crippen molar-refractivity contribution < 1.29 is 34.1 Å². The number of amides is 2. The van der Waals surface area contributed by atoms with Gasteiger partial charge in [0.05, 0.1) is 13.2 Å². The molecule has 4 N–H and O–H groups in total. The van der Waals surface area contributed by atoms with Crippen molar-refractivity contribution >= 4 is 23.8 Å². The number of aliphatic carboxylic acids is 1. The van der Waals surface area contributed by atoms with E-state index in [1.54, 1.807) is 0 Å². The van der Waals surface area contributed by atoms with E-state index < -0.39 is 24.5 Å². The maximum Gasteiger partial charge on any atom is 0.328 e. The number of hydrogen-bond acceptors (Lipinski definition) is 6. The molecule has 0 fully saturated rings. The second kappa shape index (κ2) is 32.8. The van der Waals surface area contributed by atoms with Gasteiger partial charge < -0.3 is 25.6 Å². The van der Waals surface area contributed by atoms with Gasteiger partial charge >= 0.3 is 11.9 Å². The maximum atomic E-state index is 12.6. The SMILES string of the molecule is CCCCCCCCCCCCC(=O)OC(CCCCCCCCCC)CCCCCCCC(=O)NCC(=O)NC(CO)C(=O)O. The van der Waals surface area contributed by atoms with Gasteiger partial charge in [0.2, 0.25) is 11.8 Å². The van der Waals surface area contributed by atoms with E-state index in [4.69, 9.17) is 14.9 Å². The summed E-state index contributed by atoms with van der Waals surface area (Å²) in [6.07, 6.45) is 29.8. The third-order valence-corrected chi connectivity index (χ3v) is 8.60. The normalized spacial score (nSPS) is 12.4. The van der Waals surface area contributed by atoms with E-state index in [1.165, 1.54) is 96.3 Å². The first-order valence-electron chi connectivity index (χ1n) is 18.9. The number of carboxylic acids is 1. The number of carbonyl (C=O) groups excluding carboxylic acids is 3. The van der Waals surface area contributed by atoms with Crippen LogP contribution in [0.25, 0.3) is 0 Å². The van der Waals surface area contributed by atoms with Gasteiger partial charge in [-0.3, -0.25) is 14.4 Å². The van der Waals surface area contributed by atoms with E-state index in [2.05, 4.69) is 24.5 Å². The Kier molecular flexibility index (Phi) is 31.2. The minimum atomic E-state index is -1.38. The van der Waals surface area contributed by atoms with Crippen molar-refractivity contribution in [3.8, 4) is 0 Å². The molecule has 0 spiro atoms. The van der Waals surface area contributed by atoms with Crippen molar-refractivity contribution in [2.45, 2.75) is 199 Å². The highest BCUT2D eigenvalue weighted by Crippen LogP contribution is 2.19. The largest absolute Gasteiger partial charge is 0.480 e. The number of rotatable bonds is 34. The molecule has 2 unspecified atom stereocenters. The molecule has 2 amide bonds. The molecule has 0 aliphatic heterocycles. The van der Waals surface area contributed by atoms with Crippen molar-refractivity contribution in [2.75, 3.05) is 13.2 Å². The first-order chi connectivity index (χ1) is 22.3. The Balaban J connectivity index is 4.22. The average Bonchev–Trinajstić information content (AvgIpc) is 3.03. The number of hydrogen-bond donors (Lipinski definition) is 4. The van der Waals surface area contributed by atoms with Gasteiger partial charge in [0.1, 0.15) is 12.1 Å². The molecule has 0 radical (unpaired) electrons. The van der Waals surface area contributed by atoms with E-state index in [0.717, 1.165) is 57.8 Å². The van der Waals surface area contributed by atoms with Crippen LogP contribution in [0.4, 0.5) is 0 Å². The number of carbonyl (C=O) groups is 4. The second-order valence-corrected chi connectivity index (χ2v) is 13.0. The third kappa shape index (κ3) is 29.3. The van der Waals surface area contributed by atoms with Gasteiger partial charge in [-0.05, 0) is 38.5 Å². The Morgan fingerprint density at radius 3 is 1.41 bits per heavy atom. The lowest BCUT2D eigenvalue weighted by molar-refractivity contribution is -0.150. The van der Waals surface area contributed by atoms with E-state index in [0.29, 0.717) is 19.3 Å². The Hall–Kier alpha value is -2.16. The first-order valence-corrected chi connectivity index (χ1v) is 18.9. The van der Waals surface area contributed by atoms with Crippen LogP contribution >= 0.6 is 0 Å². The molecule has 0 aromatic heterocycles. The molecule has 0 saturated heterocycles. The number of unbranched alkanes of at least 4 members (excludes halogenated alkanes) is 20. The van der Waals surface area contributed by atoms with E-state index in [1.807, 2.05) is 0 Å². The summed E-state index contributed by atoms with van der Waals surface area (Å²) >= 11 is 0. The average molecular weight is 655 g/mol. The first kappa shape index (κ1) is 43.8. The van der Waals surface area contributed by atoms with Crippen LogP contribution < -0.4 is 10.6 Å². The highest BCUT2D eigenvalue weighted by atomic mass is 16.5. The van der Waals surface area contributed by atoms with Crippen molar-refractivity contribution in [2.24, 2.45) is 0 Å². The predicted octanol–water partition coefficient (Wildman–Crippen LogP) is 8.15. The minimum Gasteiger partial charge on any atom is -0.480 e. The monoisotopic (exact) mass is 655 g/mol. The molecule has 0 rings (SSSR count). The molecule has 0 saturated carbocycles. The quantitative estimate of drug-likeness (QED) is 0.0405. The highest BCUT2D eigenvalue weighted by molar-refractivity contribution is 5.87. The Bertz CT molecular complexity index is 762. The van der Waals surface area contributed by atoms with Gasteiger partial charge in [0.25, 0.3) is 0 Å². The van der Waals surface area contributed by atoms with Crippen molar-refractivity contribution in [1.29, 1.82) is 0 Å². The van der Waals surface area contributed by atoms with Gasteiger partial charge in [-0.15, -0.1) is 0 Å². The molecule has 2 atom stereocenters. The Morgan fingerprint density at radius 2 is 0.978 bits per heavy atom. The van der Waals surface area contributed by atoms with Gasteiger partial charge in [-0.1, -0.05) is 136 Å². The predicted molar refractivity (Wildman–Crippen MR) is 186 cm³/mol. The molecule has 46 heavy (non-hydrogen) atoms. The highest BCUT2D eigenvalue weighted by Gasteiger charge is 2.19. The summed E-state index contributed by atoms with van der Waals surface area (Å²) in [6, 6.07) is -1.38. The van der Waals surface area contributed by atoms with Gasteiger partial charge in [0.15, 0.2) is 0 Å². The molecule has 0 heterocycles. The van der Waals surface area contributed by atoms with E-state index >= 15 is 0 Å². The van der Waals surface area contributed by atoms with Crippen LogP contribution in [0.3, 0.4) is 0 Å². The number of aliphatic hydroxyl groups excluding tert-OH is 1. The molecule has 9 heteroatoms. The number of ether oxygens (including phenoxy) is 1. The lowest BCUT2D eigenvalue weighted by atomic mass is 10.0. The topological polar surface area (TPSA) is 142 Å². The van der Waals surface area contributed by atoms with E-state index in [9.17, 15) is 19.2 Å². The fourth-order valence-electron chi connectivity index (χ4n) is 5.66. The third-order valence-electron chi connectivity index (χ3n) is 8.60. The number of esters is 1. The molecule has 0 aliphatic carbocycles. The summed E-state index contributed by atoms with van der Waals surface area (Å²) in [4.78, 5) is 47.2. The summed E-state index contributed by atoms with van der Waals surface area (Å²) in [5.41, 5.74) is 0. The standard InChI is InChI=1S/C37H70N2O7/c1-3-5-7-9-11-13-14-16-21-25-29-36(43)46-32(26-22-18-15-12-10-8-6-4-2)27-23-19-17-20-24-28-34(41)38-30-35(42)39-33(31-40)37(44)45/h32-33,40H,3-31H2,1-2H3,(H,38,41)(H,39,42)(H,44,45). The van der Waals surface area contributed by atoms with Crippen molar-refractivity contribution in [3.63, 3.8) is 0 Å². The molecular formula is C37H70N2O7. The van der Waals surface area contributed by atoms with Crippen molar-refractivity contribution in [3.05, 3.63) is 0 Å². The Labute approximate surface area is 280 Å². The number of aliphatic hydroxyl groups is 1. The fourth-order valence-corrected chi connectivity index (χ4v) is 5.66. The summed E-state index contributed by atoms with van der Waals surface area (Å²) in [5.74, 6) is -2.28. The van der Waals surface area contributed by atoms with Gasteiger partial charge in [-0.25, -0.2) is 4.79 Å². The van der Waals surface area contributed by atoms with Crippen LogP contribution in [-0.4, -0.2) is 59.3 Å². The molecule has 9 nitrogen and oxygen atoms in total. The summed E-state index contributed by atoms with van der Waals surface area (Å²) in [7, 11) is 0. The lowest BCUT2D eigenvalue weighted by Crippen LogP contribution is -2.47. The summed E-state index contributed by atoms with van der Waals surface area (Å²) in [5, 5.41) is 22.5. The summed E-state index contributed by atoms with van der Waals surface area (Å²) < 4.78 is 5.97. The smallest absolute Gasteiger partial charge is 0.328 e. The fraction of sp³-hybridized carbons (Fsp3) is 0.892. The molecule has 270 valence electrons. The van der Waals surface area contributed by atoms with Gasteiger partial charge in [-0.2, -0.15) is 0 Å².